The Morgan fingerprint density at radius 1 is 1.25 bits per heavy atom. The Kier molecular flexibility index (Phi) is 6.87. The molecule has 112 valence electrons. The third-order valence-corrected chi connectivity index (χ3v) is 4.66. The van der Waals surface area contributed by atoms with Gasteiger partial charge >= 0.3 is 0 Å². The Morgan fingerprint density at radius 2 is 1.95 bits per heavy atom. The van der Waals surface area contributed by atoms with Crippen LogP contribution in [0.3, 0.4) is 0 Å². The van der Waals surface area contributed by atoms with Crippen molar-refractivity contribution in [3.63, 3.8) is 0 Å². The number of benzene rings is 1. The third kappa shape index (κ3) is 5.09. The van der Waals surface area contributed by atoms with Gasteiger partial charge in [-0.05, 0) is 31.2 Å². The van der Waals surface area contributed by atoms with Crippen molar-refractivity contribution < 1.29 is 4.74 Å². The van der Waals surface area contributed by atoms with Crippen LogP contribution in [0.15, 0.2) is 29.2 Å². The molecule has 0 amide bonds. The Hall–Kier alpha value is -0.550. The van der Waals surface area contributed by atoms with Gasteiger partial charge in [0, 0.05) is 36.3 Å². The molecule has 1 aliphatic heterocycles. The third-order valence-electron chi connectivity index (χ3n) is 3.67. The van der Waals surface area contributed by atoms with Gasteiger partial charge in [-0.1, -0.05) is 19.1 Å². The van der Waals surface area contributed by atoms with Crippen LogP contribution in [0.1, 0.15) is 25.5 Å². The Labute approximate surface area is 127 Å². The number of ether oxygens (including phenoxy) is 1. The molecule has 1 aromatic rings. The molecular formula is C16H26N2OS. The predicted molar refractivity (Wildman–Crippen MR) is 86.5 cm³/mol. The summed E-state index contributed by atoms with van der Waals surface area (Å²) in [5, 5.41) is 3.44. The number of morpholine rings is 1. The average molecular weight is 294 g/mol. The van der Waals surface area contributed by atoms with Crippen LogP contribution in [0.2, 0.25) is 0 Å². The lowest BCUT2D eigenvalue weighted by Gasteiger charge is -2.26. The maximum atomic E-state index is 5.37. The number of hydrogen-bond donors (Lipinski definition) is 1. The first-order valence-electron chi connectivity index (χ1n) is 7.56. The molecule has 0 aromatic heterocycles. The molecule has 1 heterocycles. The largest absolute Gasteiger partial charge is 0.379 e. The van der Waals surface area contributed by atoms with E-state index in [0.29, 0.717) is 6.04 Å². The lowest BCUT2D eigenvalue weighted by molar-refractivity contribution is 0.0410. The molecule has 20 heavy (non-hydrogen) atoms. The van der Waals surface area contributed by atoms with Gasteiger partial charge in [0.15, 0.2) is 0 Å². The van der Waals surface area contributed by atoms with Gasteiger partial charge in [-0.25, -0.2) is 0 Å². The van der Waals surface area contributed by atoms with Crippen LogP contribution in [-0.4, -0.2) is 50.0 Å². The van der Waals surface area contributed by atoms with E-state index in [-0.39, 0.29) is 0 Å². The number of thioether (sulfide) groups is 1. The van der Waals surface area contributed by atoms with Crippen molar-refractivity contribution in [2.24, 2.45) is 0 Å². The second-order valence-corrected chi connectivity index (χ2v) is 6.32. The maximum Gasteiger partial charge on any atom is 0.0594 e. The molecule has 1 fully saturated rings. The highest BCUT2D eigenvalue weighted by atomic mass is 32.2. The van der Waals surface area contributed by atoms with Gasteiger partial charge in [-0.2, -0.15) is 0 Å². The molecule has 3 nitrogen and oxygen atoms in total. The molecule has 1 N–H and O–H groups in total. The summed E-state index contributed by atoms with van der Waals surface area (Å²) in [4.78, 5) is 3.85. The smallest absolute Gasteiger partial charge is 0.0594 e. The van der Waals surface area contributed by atoms with Gasteiger partial charge < -0.3 is 10.1 Å². The molecule has 2 rings (SSSR count). The molecule has 0 aliphatic carbocycles. The van der Waals surface area contributed by atoms with Crippen molar-refractivity contribution in [1.82, 2.24) is 10.2 Å². The summed E-state index contributed by atoms with van der Waals surface area (Å²) in [6, 6.07) is 9.40. The fourth-order valence-corrected chi connectivity index (χ4v) is 3.31. The van der Waals surface area contributed by atoms with Gasteiger partial charge in [0.25, 0.3) is 0 Å². The second kappa shape index (κ2) is 8.67. The average Bonchev–Trinajstić information content (AvgIpc) is 2.49. The quantitative estimate of drug-likeness (QED) is 0.782. The number of hydrogen-bond acceptors (Lipinski definition) is 4. The minimum absolute atomic E-state index is 0.437. The standard InChI is InChI=1S/C16H26N2OS/c1-3-17-14(2)15-4-6-16(7-5-15)20-13-10-18-8-11-19-12-9-18/h4-7,14,17H,3,8-13H2,1-2H3. The van der Waals surface area contributed by atoms with Gasteiger partial charge in [0.1, 0.15) is 0 Å². The topological polar surface area (TPSA) is 24.5 Å². The van der Waals surface area contributed by atoms with Crippen LogP contribution in [0.5, 0.6) is 0 Å². The van der Waals surface area contributed by atoms with E-state index in [0.717, 1.165) is 45.1 Å². The van der Waals surface area contributed by atoms with Crippen LogP contribution in [0, 0.1) is 0 Å². The van der Waals surface area contributed by atoms with E-state index in [1.165, 1.54) is 10.5 Å². The van der Waals surface area contributed by atoms with E-state index >= 15 is 0 Å². The van der Waals surface area contributed by atoms with Gasteiger partial charge in [0.05, 0.1) is 13.2 Å². The lowest BCUT2D eigenvalue weighted by Crippen LogP contribution is -2.37. The first kappa shape index (κ1) is 15.8. The molecule has 1 aromatic carbocycles. The maximum absolute atomic E-state index is 5.37. The molecule has 0 radical (unpaired) electrons. The van der Waals surface area contributed by atoms with E-state index in [4.69, 9.17) is 4.74 Å². The Balaban J connectivity index is 1.73. The monoisotopic (exact) mass is 294 g/mol. The molecule has 0 saturated carbocycles. The normalized spacial score (nSPS) is 18.1. The van der Waals surface area contributed by atoms with Crippen molar-refractivity contribution in [2.45, 2.75) is 24.8 Å². The van der Waals surface area contributed by atoms with Crippen molar-refractivity contribution in [3.05, 3.63) is 29.8 Å². The summed E-state index contributed by atoms with van der Waals surface area (Å²) < 4.78 is 5.37. The highest BCUT2D eigenvalue weighted by Crippen LogP contribution is 2.21. The van der Waals surface area contributed by atoms with Crippen LogP contribution < -0.4 is 5.32 Å². The minimum atomic E-state index is 0.437. The summed E-state index contributed by atoms with van der Waals surface area (Å²) in [6.45, 7) is 10.5. The van der Waals surface area contributed by atoms with Crippen LogP contribution in [0.4, 0.5) is 0 Å². The van der Waals surface area contributed by atoms with E-state index < -0.39 is 0 Å². The first-order valence-corrected chi connectivity index (χ1v) is 8.54. The highest BCUT2D eigenvalue weighted by molar-refractivity contribution is 7.99. The molecule has 0 bridgehead atoms. The second-order valence-electron chi connectivity index (χ2n) is 5.15. The molecule has 1 atom stereocenters. The number of nitrogens with zero attached hydrogens (tertiary/aromatic N) is 1. The van der Waals surface area contributed by atoms with Crippen molar-refractivity contribution in [3.8, 4) is 0 Å². The van der Waals surface area contributed by atoms with E-state index in [1.807, 2.05) is 11.8 Å². The molecule has 0 spiro atoms. The number of nitrogens with one attached hydrogen (secondary N) is 1. The zero-order chi connectivity index (χ0) is 14.2. The van der Waals surface area contributed by atoms with Crippen molar-refractivity contribution in [2.75, 3.05) is 45.1 Å². The van der Waals surface area contributed by atoms with E-state index in [9.17, 15) is 0 Å². The Bertz CT molecular complexity index is 377. The van der Waals surface area contributed by atoms with E-state index in [1.54, 1.807) is 0 Å². The SMILES string of the molecule is CCNC(C)c1ccc(SCCN2CCOCC2)cc1. The van der Waals surface area contributed by atoms with Gasteiger partial charge in [-0.3, -0.25) is 4.90 Å². The summed E-state index contributed by atoms with van der Waals surface area (Å²) in [6.07, 6.45) is 0. The van der Waals surface area contributed by atoms with Crippen LogP contribution in [-0.2, 0) is 4.74 Å². The lowest BCUT2D eigenvalue weighted by atomic mass is 10.1. The minimum Gasteiger partial charge on any atom is -0.379 e. The summed E-state index contributed by atoms with van der Waals surface area (Å²) >= 11 is 1.94. The molecule has 1 unspecified atom stereocenters. The van der Waals surface area contributed by atoms with Gasteiger partial charge in [-0.15, -0.1) is 11.8 Å². The zero-order valence-electron chi connectivity index (χ0n) is 12.6. The number of rotatable bonds is 7. The zero-order valence-corrected chi connectivity index (χ0v) is 13.4. The van der Waals surface area contributed by atoms with Gasteiger partial charge in [0.2, 0.25) is 0 Å². The molecule has 1 aliphatic rings. The molecule has 1 saturated heterocycles. The predicted octanol–water partition coefficient (Wildman–Crippen LogP) is 2.78. The fraction of sp³-hybridized carbons (Fsp3) is 0.625. The van der Waals surface area contributed by atoms with Crippen LogP contribution in [0.25, 0.3) is 0 Å². The molecule has 4 heteroatoms. The fourth-order valence-electron chi connectivity index (χ4n) is 2.39. The summed E-state index contributed by atoms with van der Waals surface area (Å²) in [5.41, 5.74) is 1.37. The highest BCUT2D eigenvalue weighted by Gasteiger charge is 2.09. The first-order chi connectivity index (χ1) is 9.79. The van der Waals surface area contributed by atoms with Crippen molar-refractivity contribution >= 4 is 11.8 Å². The van der Waals surface area contributed by atoms with Crippen LogP contribution >= 0.6 is 11.8 Å². The van der Waals surface area contributed by atoms with E-state index in [2.05, 4.69) is 48.3 Å². The Morgan fingerprint density at radius 3 is 2.60 bits per heavy atom. The summed E-state index contributed by atoms with van der Waals surface area (Å²) in [7, 11) is 0. The van der Waals surface area contributed by atoms with Crippen molar-refractivity contribution in [1.29, 1.82) is 0 Å². The molecular weight excluding hydrogens is 268 g/mol. The summed E-state index contributed by atoms with van der Waals surface area (Å²) in [5.74, 6) is 1.15.